The topological polar surface area (TPSA) is 84.1 Å². The van der Waals surface area contributed by atoms with Gasteiger partial charge in [-0.1, -0.05) is 12.2 Å². The lowest BCUT2D eigenvalue weighted by Crippen LogP contribution is -2.29. The minimum Gasteiger partial charge on any atom is -0.389 e. The fourth-order valence-electron chi connectivity index (χ4n) is 2.45. The summed E-state index contributed by atoms with van der Waals surface area (Å²) in [4.78, 5) is 14.2. The molecule has 1 fully saturated rings. The van der Waals surface area contributed by atoms with Gasteiger partial charge in [-0.05, 0) is 32.3 Å². The number of carbonyl (C=O) groups excluding carboxylic acids is 1. The third kappa shape index (κ3) is 3.66. The molecule has 0 unspecified atom stereocenters. The molecule has 1 aromatic heterocycles. The zero-order valence-corrected chi connectivity index (χ0v) is 13.3. The number of aryl methyl sites for hydroxylation is 1. The van der Waals surface area contributed by atoms with Crippen LogP contribution < -0.4 is 11.1 Å². The van der Waals surface area contributed by atoms with Gasteiger partial charge in [-0.15, -0.1) is 5.10 Å². The molecule has 7 heteroatoms. The van der Waals surface area contributed by atoms with Crippen molar-refractivity contribution in [2.24, 2.45) is 5.73 Å². The number of thiocarbonyl (C=S) groups is 1. The van der Waals surface area contributed by atoms with Gasteiger partial charge in [-0.25, -0.2) is 0 Å². The van der Waals surface area contributed by atoms with E-state index >= 15 is 0 Å². The summed E-state index contributed by atoms with van der Waals surface area (Å²) in [6.07, 6.45) is 2.65. The average molecular weight is 307 g/mol. The monoisotopic (exact) mass is 307 g/mol. The molecule has 6 nitrogen and oxygen atoms in total. The minimum absolute atomic E-state index is 0.175. The van der Waals surface area contributed by atoms with Crippen molar-refractivity contribution < 1.29 is 4.79 Å². The smallest absolute Gasteiger partial charge is 0.224 e. The van der Waals surface area contributed by atoms with E-state index in [1.165, 1.54) is 0 Å². The summed E-state index contributed by atoms with van der Waals surface area (Å²) in [5.74, 6) is 0.730. The summed E-state index contributed by atoms with van der Waals surface area (Å²) < 4.78 is 0. The van der Waals surface area contributed by atoms with Gasteiger partial charge in [-0.2, -0.15) is 5.10 Å². The van der Waals surface area contributed by atoms with Gasteiger partial charge in [0.2, 0.25) is 5.91 Å². The number of amides is 1. The van der Waals surface area contributed by atoms with Crippen molar-refractivity contribution in [3.63, 3.8) is 0 Å². The second-order valence-corrected chi connectivity index (χ2v) is 5.70. The molecule has 0 atom stereocenters. The summed E-state index contributed by atoms with van der Waals surface area (Å²) in [7, 11) is 0. The van der Waals surface area contributed by atoms with Crippen molar-refractivity contribution >= 4 is 28.9 Å². The third-order valence-corrected chi connectivity index (χ3v) is 4.00. The molecule has 0 bridgehead atoms. The molecule has 1 saturated heterocycles. The van der Waals surface area contributed by atoms with E-state index in [-0.39, 0.29) is 5.91 Å². The lowest BCUT2D eigenvalue weighted by Gasteiger charge is -2.16. The molecule has 0 spiro atoms. The summed E-state index contributed by atoms with van der Waals surface area (Å²) in [6.45, 7) is 6.03. The predicted molar refractivity (Wildman–Crippen MR) is 86.3 cm³/mol. The van der Waals surface area contributed by atoms with Crippen molar-refractivity contribution in [3.05, 3.63) is 16.8 Å². The summed E-state index contributed by atoms with van der Waals surface area (Å²) in [6, 6.07) is 0. The summed E-state index contributed by atoms with van der Waals surface area (Å²) in [5.41, 5.74) is 8.20. The van der Waals surface area contributed by atoms with Gasteiger partial charge in [0, 0.05) is 26.1 Å². The van der Waals surface area contributed by atoms with E-state index < -0.39 is 0 Å². The quantitative estimate of drug-likeness (QED) is 0.794. The zero-order chi connectivity index (χ0) is 15.4. The van der Waals surface area contributed by atoms with Crippen LogP contribution in [-0.2, 0) is 4.79 Å². The number of hydrogen-bond acceptors (Lipinski definition) is 5. The molecular weight excluding hydrogens is 286 g/mol. The molecule has 0 saturated carbocycles. The van der Waals surface area contributed by atoms with Crippen molar-refractivity contribution in [2.75, 3.05) is 25.0 Å². The number of rotatable bonds is 5. The van der Waals surface area contributed by atoms with Gasteiger partial charge in [-0.3, -0.25) is 4.79 Å². The Kier molecular flexibility index (Phi) is 5.06. The van der Waals surface area contributed by atoms with E-state index in [1.54, 1.807) is 0 Å². The Morgan fingerprint density at radius 3 is 2.62 bits per heavy atom. The van der Waals surface area contributed by atoms with Crippen LogP contribution in [0.2, 0.25) is 0 Å². The zero-order valence-electron chi connectivity index (χ0n) is 12.5. The summed E-state index contributed by atoms with van der Waals surface area (Å²) >= 11 is 5.08. The molecular formula is C14H21N5OS. The van der Waals surface area contributed by atoms with E-state index in [2.05, 4.69) is 15.5 Å². The predicted octanol–water partition coefficient (Wildman–Crippen LogP) is 1.15. The van der Waals surface area contributed by atoms with Crippen LogP contribution in [0.4, 0.5) is 5.82 Å². The van der Waals surface area contributed by atoms with Gasteiger partial charge in [0.05, 0.1) is 11.3 Å². The van der Waals surface area contributed by atoms with Crippen LogP contribution in [0.15, 0.2) is 0 Å². The molecule has 1 aromatic rings. The molecule has 0 radical (unpaired) electrons. The highest BCUT2D eigenvalue weighted by Crippen LogP contribution is 2.18. The van der Waals surface area contributed by atoms with Crippen molar-refractivity contribution in [1.29, 1.82) is 0 Å². The van der Waals surface area contributed by atoms with Gasteiger partial charge >= 0.3 is 0 Å². The van der Waals surface area contributed by atoms with E-state index in [0.29, 0.717) is 29.3 Å². The molecule has 1 amide bonds. The maximum absolute atomic E-state index is 12.0. The van der Waals surface area contributed by atoms with Crippen LogP contribution >= 0.6 is 12.2 Å². The molecule has 3 N–H and O–H groups in total. The first-order valence-corrected chi connectivity index (χ1v) is 7.57. The molecule has 1 aliphatic rings. The molecule has 114 valence electrons. The second-order valence-electron chi connectivity index (χ2n) is 5.26. The number of nitrogens with two attached hydrogens (primary N) is 1. The van der Waals surface area contributed by atoms with Crippen LogP contribution in [0, 0.1) is 13.8 Å². The molecule has 1 aliphatic heterocycles. The first kappa shape index (κ1) is 15.6. The molecule has 2 heterocycles. The van der Waals surface area contributed by atoms with Crippen LogP contribution in [0.5, 0.6) is 0 Å². The molecule has 0 aromatic carbocycles. The number of likely N-dealkylation sites (tertiary alicyclic amines) is 1. The fraction of sp³-hybridized carbons (Fsp3) is 0.571. The Labute approximate surface area is 130 Å². The number of aromatic nitrogens is 2. The number of carbonyl (C=O) groups is 1. The van der Waals surface area contributed by atoms with Crippen molar-refractivity contribution in [3.8, 4) is 0 Å². The second kappa shape index (κ2) is 6.80. The van der Waals surface area contributed by atoms with E-state index in [9.17, 15) is 4.79 Å². The van der Waals surface area contributed by atoms with E-state index in [1.807, 2.05) is 18.7 Å². The lowest BCUT2D eigenvalue weighted by molar-refractivity contribution is -0.129. The Balaban J connectivity index is 1.98. The normalized spacial score (nSPS) is 14.3. The number of nitrogens with zero attached hydrogens (tertiary/aromatic N) is 3. The number of hydrogen-bond donors (Lipinski definition) is 2. The first-order valence-electron chi connectivity index (χ1n) is 7.16. The highest BCUT2D eigenvalue weighted by Gasteiger charge is 2.18. The molecule has 21 heavy (non-hydrogen) atoms. The highest BCUT2D eigenvalue weighted by atomic mass is 32.1. The lowest BCUT2D eigenvalue weighted by atomic mass is 10.1. The van der Waals surface area contributed by atoms with Crippen LogP contribution in [0.1, 0.15) is 36.1 Å². The first-order chi connectivity index (χ1) is 10.0. The van der Waals surface area contributed by atoms with Crippen LogP contribution in [-0.4, -0.2) is 45.6 Å². The van der Waals surface area contributed by atoms with Crippen molar-refractivity contribution in [1.82, 2.24) is 15.1 Å². The van der Waals surface area contributed by atoms with Crippen LogP contribution in [0.3, 0.4) is 0 Å². The highest BCUT2D eigenvalue weighted by molar-refractivity contribution is 7.80. The van der Waals surface area contributed by atoms with E-state index in [0.717, 1.165) is 37.2 Å². The van der Waals surface area contributed by atoms with Gasteiger partial charge in [0.1, 0.15) is 4.99 Å². The largest absolute Gasteiger partial charge is 0.389 e. The Bertz CT molecular complexity index is 555. The SMILES string of the molecule is Cc1nnc(NCCC(=O)N2CCCC2)c(C(N)=S)c1C. The van der Waals surface area contributed by atoms with Crippen molar-refractivity contribution in [2.45, 2.75) is 33.1 Å². The standard InChI is InChI=1S/C14H21N5OS/c1-9-10(2)17-18-14(12(9)13(15)21)16-6-5-11(20)19-7-3-4-8-19/h3-8H2,1-2H3,(H2,15,21)(H,16,18). The number of anilines is 1. The Morgan fingerprint density at radius 2 is 2.00 bits per heavy atom. The number of nitrogens with one attached hydrogen (secondary N) is 1. The molecule has 2 rings (SSSR count). The fourth-order valence-corrected chi connectivity index (χ4v) is 2.70. The third-order valence-electron chi connectivity index (χ3n) is 3.79. The van der Waals surface area contributed by atoms with Gasteiger partial charge in [0.15, 0.2) is 5.82 Å². The average Bonchev–Trinajstić information content (AvgIpc) is 2.96. The summed E-state index contributed by atoms with van der Waals surface area (Å²) in [5, 5.41) is 11.3. The molecule has 0 aliphatic carbocycles. The minimum atomic E-state index is 0.175. The Morgan fingerprint density at radius 1 is 1.33 bits per heavy atom. The van der Waals surface area contributed by atoms with E-state index in [4.69, 9.17) is 18.0 Å². The van der Waals surface area contributed by atoms with Gasteiger partial charge < -0.3 is 16.0 Å². The van der Waals surface area contributed by atoms with Gasteiger partial charge in [0.25, 0.3) is 0 Å². The maximum atomic E-state index is 12.0. The van der Waals surface area contributed by atoms with Crippen LogP contribution in [0.25, 0.3) is 0 Å². The Hall–Kier alpha value is -1.76. The maximum Gasteiger partial charge on any atom is 0.224 e.